The van der Waals surface area contributed by atoms with Crippen LogP contribution in [0.25, 0.3) is 5.82 Å². The van der Waals surface area contributed by atoms with Gasteiger partial charge in [0.1, 0.15) is 0 Å². The Morgan fingerprint density at radius 1 is 1.09 bits per heavy atom. The molecule has 6 heteroatoms. The molecule has 1 aliphatic heterocycles. The molecule has 1 fully saturated rings. The number of hydrogen-bond donors (Lipinski definition) is 0. The maximum absolute atomic E-state index is 4.71. The predicted octanol–water partition coefficient (Wildman–Crippen LogP) is 1.81. The van der Waals surface area contributed by atoms with Gasteiger partial charge in [0.15, 0.2) is 5.82 Å². The van der Waals surface area contributed by atoms with Crippen molar-refractivity contribution in [2.24, 2.45) is 0 Å². The van der Waals surface area contributed by atoms with E-state index in [1.165, 1.54) is 0 Å². The fourth-order valence-electron chi connectivity index (χ4n) is 2.91. The van der Waals surface area contributed by atoms with Crippen LogP contribution in [-0.2, 0) is 0 Å². The molecule has 2 aromatic rings. The van der Waals surface area contributed by atoms with Gasteiger partial charge in [-0.3, -0.25) is 4.90 Å². The number of rotatable bonds is 3. The quantitative estimate of drug-likeness (QED) is 0.865. The number of aromatic nitrogens is 4. The molecule has 2 aromatic heterocycles. The summed E-state index contributed by atoms with van der Waals surface area (Å²) in [6.45, 7) is 12.6. The molecule has 0 bridgehead atoms. The van der Waals surface area contributed by atoms with E-state index in [-0.39, 0.29) is 0 Å². The molecule has 0 radical (unpaired) electrons. The van der Waals surface area contributed by atoms with Crippen molar-refractivity contribution in [3.05, 3.63) is 29.7 Å². The van der Waals surface area contributed by atoms with Gasteiger partial charge >= 0.3 is 0 Å². The van der Waals surface area contributed by atoms with Gasteiger partial charge in [0.2, 0.25) is 5.95 Å². The van der Waals surface area contributed by atoms with E-state index in [1.807, 2.05) is 30.8 Å². The van der Waals surface area contributed by atoms with Crippen LogP contribution in [-0.4, -0.2) is 56.9 Å². The number of hydrogen-bond acceptors (Lipinski definition) is 5. The summed E-state index contributed by atoms with van der Waals surface area (Å²) in [6, 6.07) is 4.57. The van der Waals surface area contributed by atoms with Crippen molar-refractivity contribution >= 4 is 5.95 Å². The van der Waals surface area contributed by atoms with E-state index in [0.29, 0.717) is 6.04 Å². The fraction of sp³-hybridized carbons (Fsp3) is 0.562. The summed E-state index contributed by atoms with van der Waals surface area (Å²) in [5.74, 6) is 1.63. The molecule has 0 unspecified atom stereocenters. The molecule has 0 spiro atoms. The molecule has 0 saturated carbocycles. The first kappa shape index (κ1) is 15.0. The van der Waals surface area contributed by atoms with Gasteiger partial charge in [0.05, 0.1) is 5.69 Å². The maximum atomic E-state index is 4.71. The summed E-state index contributed by atoms with van der Waals surface area (Å²) in [6.07, 6.45) is 1.82. The smallest absolute Gasteiger partial charge is 0.227 e. The van der Waals surface area contributed by atoms with E-state index >= 15 is 0 Å². The minimum Gasteiger partial charge on any atom is -0.338 e. The molecule has 3 rings (SSSR count). The Labute approximate surface area is 131 Å². The van der Waals surface area contributed by atoms with E-state index in [2.05, 4.69) is 39.8 Å². The van der Waals surface area contributed by atoms with Crippen LogP contribution < -0.4 is 4.90 Å². The van der Waals surface area contributed by atoms with E-state index in [1.54, 1.807) is 0 Å². The largest absolute Gasteiger partial charge is 0.338 e. The van der Waals surface area contributed by atoms with Crippen molar-refractivity contribution in [3.63, 3.8) is 0 Å². The highest BCUT2D eigenvalue weighted by Gasteiger charge is 2.21. The highest BCUT2D eigenvalue weighted by molar-refractivity contribution is 5.36. The molecule has 0 amide bonds. The second-order valence-electron chi connectivity index (χ2n) is 6.17. The third-order valence-corrected chi connectivity index (χ3v) is 4.18. The Morgan fingerprint density at radius 3 is 2.41 bits per heavy atom. The van der Waals surface area contributed by atoms with Gasteiger partial charge in [-0.1, -0.05) is 0 Å². The summed E-state index contributed by atoms with van der Waals surface area (Å²) in [5, 5.41) is 4.50. The highest BCUT2D eigenvalue weighted by Crippen LogP contribution is 2.15. The zero-order chi connectivity index (χ0) is 15.7. The van der Waals surface area contributed by atoms with Crippen LogP contribution >= 0.6 is 0 Å². The van der Waals surface area contributed by atoms with E-state index in [0.717, 1.165) is 49.3 Å². The number of piperazine rings is 1. The first-order valence-electron chi connectivity index (χ1n) is 7.90. The van der Waals surface area contributed by atoms with Crippen LogP contribution in [0.4, 0.5) is 5.95 Å². The molecule has 0 N–H and O–H groups in total. The lowest BCUT2D eigenvalue weighted by atomic mass is 10.2. The summed E-state index contributed by atoms with van der Waals surface area (Å²) in [7, 11) is 0. The Kier molecular flexibility index (Phi) is 4.11. The molecule has 0 aromatic carbocycles. The Morgan fingerprint density at radius 2 is 1.82 bits per heavy atom. The highest BCUT2D eigenvalue weighted by atomic mass is 15.4. The van der Waals surface area contributed by atoms with E-state index in [9.17, 15) is 0 Å². The molecule has 3 heterocycles. The lowest BCUT2D eigenvalue weighted by Crippen LogP contribution is -2.49. The molecule has 0 aliphatic carbocycles. The van der Waals surface area contributed by atoms with Gasteiger partial charge < -0.3 is 4.90 Å². The van der Waals surface area contributed by atoms with Crippen LogP contribution in [0.2, 0.25) is 0 Å². The Balaban J connectivity index is 1.79. The van der Waals surface area contributed by atoms with Crippen molar-refractivity contribution in [3.8, 4) is 5.82 Å². The lowest BCUT2D eigenvalue weighted by Gasteiger charge is -2.36. The van der Waals surface area contributed by atoms with Gasteiger partial charge in [-0.25, -0.2) is 9.67 Å². The average molecular weight is 300 g/mol. The molecular formula is C16H24N6. The lowest BCUT2D eigenvalue weighted by molar-refractivity contribution is 0.208. The standard InChI is InChI=1S/C16H24N6/c1-12(2)20-7-9-21(10-8-20)16-17-6-5-15(18-16)22-14(4)11-13(3)19-22/h5-6,11-12H,7-10H2,1-4H3. The van der Waals surface area contributed by atoms with E-state index in [4.69, 9.17) is 4.98 Å². The zero-order valence-corrected chi connectivity index (χ0v) is 13.8. The maximum Gasteiger partial charge on any atom is 0.227 e. The second-order valence-corrected chi connectivity index (χ2v) is 6.17. The minimum atomic E-state index is 0.601. The number of aryl methyl sites for hydroxylation is 2. The monoisotopic (exact) mass is 300 g/mol. The fourth-order valence-corrected chi connectivity index (χ4v) is 2.91. The first-order valence-corrected chi connectivity index (χ1v) is 7.90. The third kappa shape index (κ3) is 2.97. The van der Waals surface area contributed by atoms with Crippen LogP contribution in [0.15, 0.2) is 18.3 Å². The van der Waals surface area contributed by atoms with Crippen LogP contribution in [0, 0.1) is 13.8 Å². The average Bonchev–Trinajstić information content (AvgIpc) is 2.86. The van der Waals surface area contributed by atoms with Gasteiger partial charge in [-0.15, -0.1) is 0 Å². The van der Waals surface area contributed by atoms with E-state index < -0.39 is 0 Å². The number of anilines is 1. The van der Waals surface area contributed by atoms with Crippen LogP contribution in [0.1, 0.15) is 25.2 Å². The summed E-state index contributed by atoms with van der Waals surface area (Å²) in [5.41, 5.74) is 2.09. The van der Waals surface area contributed by atoms with Crippen molar-refractivity contribution < 1.29 is 0 Å². The van der Waals surface area contributed by atoms with Gasteiger partial charge in [-0.2, -0.15) is 10.1 Å². The number of nitrogens with zero attached hydrogens (tertiary/aromatic N) is 6. The van der Waals surface area contributed by atoms with Crippen LogP contribution in [0.5, 0.6) is 0 Å². The summed E-state index contributed by atoms with van der Waals surface area (Å²) < 4.78 is 1.88. The zero-order valence-electron chi connectivity index (χ0n) is 13.8. The Bertz CT molecular complexity index is 640. The van der Waals surface area contributed by atoms with Crippen molar-refractivity contribution in [2.75, 3.05) is 31.1 Å². The third-order valence-electron chi connectivity index (χ3n) is 4.18. The van der Waals surface area contributed by atoms with Gasteiger partial charge in [0.25, 0.3) is 0 Å². The molecule has 1 saturated heterocycles. The Hall–Kier alpha value is -1.95. The predicted molar refractivity (Wildman–Crippen MR) is 87.6 cm³/mol. The first-order chi connectivity index (χ1) is 10.5. The second kappa shape index (κ2) is 6.04. The normalized spacial score (nSPS) is 16.5. The molecule has 6 nitrogen and oxygen atoms in total. The molecule has 1 aliphatic rings. The summed E-state index contributed by atoms with van der Waals surface area (Å²) >= 11 is 0. The van der Waals surface area contributed by atoms with Crippen molar-refractivity contribution in [1.82, 2.24) is 24.6 Å². The molecule has 22 heavy (non-hydrogen) atoms. The van der Waals surface area contributed by atoms with Crippen molar-refractivity contribution in [2.45, 2.75) is 33.7 Å². The minimum absolute atomic E-state index is 0.601. The summed E-state index contributed by atoms with van der Waals surface area (Å²) in [4.78, 5) is 13.9. The topological polar surface area (TPSA) is 50.1 Å². The van der Waals surface area contributed by atoms with Crippen LogP contribution in [0.3, 0.4) is 0 Å². The molecular weight excluding hydrogens is 276 g/mol. The van der Waals surface area contributed by atoms with Crippen molar-refractivity contribution in [1.29, 1.82) is 0 Å². The van der Waals surface area contributed by atoms with Gasteiger partial charge in [0, 0.05) is 50.2 Å². The molecule has 118 valence electrons. The SMILES string of the molecule is Cc1cc(C)n(-c2ccnc(N3CCN(C(C)C)CC3)n2)n1. The molecule has 0 atom stereocenters. The van der Waals surface area contributed by atoms with Gasteiger partial charge in [-0.05, 0) is 33.8 Å².